The maximum Gasteiger partial charge on any atom is 0.193 e. The second kappa shape index (κ2) is 11.4. The molecule has 0 aliphatic heterocycles. The first-order valence-electron chi connectivity index (χ1n) is 8.74. The molecule has 0 saturated heterocycles. The Bertz CT molecular complexity index is 797. The van der Waals surface area contributed by atoms with Crippen LogP contribution in [0.1, 0.15) is 40.5 Å². The van der Waals surface area contributed by atoms with Gasteiger partial charge in [0.2, 0.25) is 0 Å². The summed E-state index contributed by atoms with van der Waals surface area (Å²) >= 11 is 12.1. The van der Waals surface area contributed by atoms with Gasteiger partial charge in [-0.15, -0.1) is 11.6 Å². The van der Waals surface area contributed by atoms with Crippen molar-refractivity contribution in [2.75, 3.05) is 11.2 Å². The second-order valence-electron chi connectivity index (χ2n) is 5.77. The van der Waals surface area contributed by atoms with Crippen LogP contribution in [-0.2, 0) is 9.84 Å². The summed E-state index contributed by atoms with van der Waals surface area (Å²) in [6.07, 6.45) is 4.12. The zero-order chi connectivity index (χ0) is 20.4. The Morgan fingerprint density at radius 2 is 1.89 bits per heavy atom. The number of hydrogen-bond acceptors (Lipinski definition) is 5. The van der Waals surface area contributed by atoms with Gasteiger partial charge in [-0.25, -0.2) is 8.42 Å². The van der Waals surface area contributed by atoms with Crippen molar-refractivity contribution in [3.63, 3.8) is 0 Å². The third kappa shape index (κ3) is 7.95. The fourth-order valence-electron chi connectivity index (χ4n) is 2.11. The molecule has 0 fully saturated rings. The van der Waals surface area contributed by atoms with E-state index in [1.54, 1.807) is 36.4 Å². The van der Waals surface area contributed by atoms with Crippen LogP contribution in [0, 0.1) is 0 Å². The van der Waals surface area contributed by atoms with Crippen LogP contribution in [0.25, 0.3) is 0 Å². The third-order valence-electron chi connectivity index (χ3n) is 3.39. The normalized spacial score (nSPS) is 16.7. The van der Waals surface area contributed by atoms with Crippen LogP contribution < -0.4 is 10.2 Å². The molecule has 0 heterocycles. The number of nitrogens with one attached hydrogen (secondary N) is 1. The maximum atomic E-state index is 12.5. The molecule has 0 spiro atoms. The Labute approximate surface area is 172 Å². The Morgan fingerprint density at radius 1 is 1.26 bits per heavy atom. The van der Waals surface area contributed by atoms with Crippen LogP contribution in [-0.4, -0.2) is 25.4 Å². The lowest BCUT2D eigenvalue weighted by molar-refractivity contribution is 0.341. The van der Waals surface area contributed by atoms with E-state index in [-0.39, 0.29) is 21.2 Å². The van der Waals surface area contributed by atoms with Crippen LogP contribution in [0.15, 0.2) is 51.5 Å². The summed E-state index contributed by atoms with van der Waals surface area (Å²) in [5.74, 6) is 0.327. The number of sulfone groups is 1. The molecular formula is C19H26Cl2N2O3S. The molecule has 0 radical (unpaired) electrons. The highest BCUT2D eigenvalue weighted by Gasteiger charge is 2.23. The average Bonchev–Trinajstić information content (AvgIpc) is 2.82. The number of hydrogen-bond donors (Lipinski definition) is 1. The quantitative estimate of drug-likeness (QED) is 0.356. The first-order valence-corrected chi connectivity index (χ1v) is 11.2. The lowest BCUT2D eigenvalue weighted by Gasteiger charge is -2.12. The summed E-state index contributed by atoms with van der Waals surface area (Å²) in [5.41, 5.74) is 1.46. The summed E-state index contributed by atoms with van der Waals surface area (Å²) in [6.45, 7) is 7.66. The molecule has 8 heteroatoms. The third-order valence-corrected chi connectivity index (χ3v) is 5.92. The van der Waals surface area contributed by atoms with Gasteiger partial charge in [-0.05, 0) is 57.0 Å². The number of anilines is 1. The number of allylic oxidation sites excluding steroid dienone is 4. The summed E-state index contributed by atoms with van der Waals surface area (Å²) in [6, 6.07) is 6.87. The van der Waals surface area contributed by atoms with Gasteiger partial charge in [0.25, 0.3) is 0 Å². The molecule has 0 bridgehead atoms. The number of halogens is 2. The van der Waals surface area contributed by atoms with Gasteiger partial charge in [0, 0.05) is 5.69 Å². The first kappa shape index (κ1) is 23.5. The fourth-order valence-corrected chi connectivity index (χ4v) is 4.14. The number of benzene rings is 1. The van der Waals surface area contributed by atoms with Crippen molar-refractivity contribution in [2.45, 2.75) is 45.9 Å². The van der Waals surface area contributed by atoms with Gasteiger partial charge < -0.3 is 10.2 Å². The van der Waals surface area contributed by atoms with Crippen molar-refractivity contribution < 1.29 is 13.3 Å². The summed E-state index contributed by atoms with van der Waals surface area (Å²) in [7, 11) is -3.54. The standard InChI is InChI=1S/C17H20Cl2N2O3S.C2H6/c1-12(2)21-24-15-7-5-14(6-8-15)20-11-25(22,23)17-10-4-13(18)3-9-16(17)19;1-2/h3,5-9,13,20H,4,10-11H2,1-2H3;1-2H3. The Morgan fingerprint density at radius 3 is 2.48 bits per heavy atom. The van der Waals surface area contributed by atoms with Crippen molar-refractivity contribution in [2.24, 2.45) is 5.16 Å². The lowest BCUT2D eigenvalue weighted by atomic mass is 10.2. The minimum Gasteiger partial charge on any atom is -0.371 e. The van der Waals surface area contributed by atoms with Crippen molar-refractivity contribution in [3.8, 4) is 5.75 Å². The average molecular weight is 433 g/mol. The van der Waals surface area contributed by atoms with Gasteiger partial charge in [-0.3, -0.25) is 0 Å². The van der Waals surface area contributed by atoms with Crippen LogP contribution in [0.2, 0.25) is 0 Å². The Kier molecular flexibility index (Phi) is 9.91. The molecule has 1 aromatic carbocycles. The Hall–Kier alpha value is -1.50. The zero-order valence-corrected chi connectivity index (χ0v) is 18.3. The van der Waals surface area contributed by atoms with E-state index < -0.39 is 9.84 Å². The van der Waals surface area contributed by atoms with Gasteiger partial charge in [-0.2, -0.15) is 0 Å². The molecule has 1 aliphatic carbocycles. The predicted octanol–water partition coefficient (Wildman–Crippen LogP) is 5.68. The van der Waals surface area contributed by atoms with Crippen molar-refractivity contribution in [1.82, 2.24) is 0 Å². The molecule has 5 nitrogen and oxygen atoms in total. The molecule has 150 valence electrons. The molecule has 1 aliphatic rings. The number of rotatable bonds is 6. The zero-order valence-electron chi connectivity index (χ0n) is 16.0. The SMILES string of the molecule is CC.CC(C)=NOc1ccc(NCS(=O)(=O)C2=C(Cl)C=CC(Cl)CC2)cc1. The smallest absolute Gasteiger partial charge is 0.193 e. The fraction of sp³-hybridized carbons (Fsp3) is 0.421. The Balaban J connectivity index is 0.00000176. The van der Waals surface area contributed by atoms with E-state index in [1.165, 1.54) is 0 Å². The van der Waals surface area contributed by atoms with Crippen molar-refractivity contribution in [3.05, 3.63) is 46.4 Å². The van der Waals surface area contributed by atoms with E-state index in [9.17, 15) is 8.42 Å². The van der Waals surface area contributed by atoms with E-state index in [0.717, 1.165) is 5.71 Å². The van der Waals surface area contributed by atoms with E-state index in [2.05, 4.69) is 10.5 Å². The van der Waals surface area contributed by atoms with Gasteiger partial charge in [0.05, 0.1) is 21.0 Å². The lowest BCUT2D eigenvalue weighted by Crippen LogP contribution is -2.17. The minimum absolute atomic E-state index is 0.212. The van der Waals surface area contributed by atoms with E-state index in [4.69, 9.17) is 28.0 Å². The van der Waals surface area contributed by atoms with Gasteiger partial charge in [0.15, 0.2) is 15.6 Å². The van der Waals surface area contributed by atoms with Gasteiger partial charge in [0.1, 0.15) is 5.88 Å². The van der Waals surface area contributed by atoms with Crippen LogP contribution in [0.5, 0.6) is 5.75 Å². The van der Waals surface area contributed by atoms with E-state index >= 15 is 0 Å². The summed E-state index contributed by atoms with van der Waals surface area (Å²) < 4.78 is 25.1. The highest BCUT2D eigenvalue weighted by atomic mass is 35.5. The molecule has 2 rings (SSSR count). The van der Waals surface area contributed by atoms with E-state index in [0.29, 0.717) is 24.3 Å². The van der Waals surface area contributed by atoms with E-state index in [1.807, 2.05) is 27.7 Å². The van der Waals surface area contributed by atoms with Crippen LogP contribution >= 0.6 is 23.2 Å². The number of oxime groups is 1. The maximum absolute atomic E-state index is 12.5. The molecule has 0 amide bonds. The molecule has 1 unspecified atom stereocenters. The molecule has 1 atom stereocenters. The molecule has 1 aromatic rings. The van der Waals surface area contributed by atoms with Crippen LogP contribution in [0.4, 0.5) is 5.69 Å². The first-order chi connectivity index (χ1) is 12.8. The molecule has 0 aromatic heterocycles. The predicted molar refractivity (Wildman–Crippen MR) is 116 cm³/mol. The summed E-state index contributed by atoms with van der Waals surface area (Å²) in [5, 5.41) is 6.77. The highest BCUT2D eigenvalue weighted by Crippen LogP contribution is 2.28. The van der Waals surface area contributed by atoms with Gasteiger partial charge >= 0.3 is 0 Å². The van der Waals surface area contributed by atoms with Crippen LogP contribution in [0.3, 0.4) is 0 Å². The monoisotopic (exact) mass is 432 g/mol. The second-order valence-corrected chi connectivity index (χ2v) is 8.75. The van der Waals surface area contributed by atoms with Crippen molar-refractivity contribution in [1.29, 1.82) is 0 Å². The largest absolute Gasteiger partial charge is 0.371 e. The molecular weight excluding hydrogens is 407 g/mol. The topological polar surface area (TPSA) is 67.8 Å². The summed E-state index contributed by atoms with van der Waals surface area (Å²) in [4.78, 5) is 5.41. The number of alkyl halides is 1. The highest BCUT2D eigenvalue weighted by molar-refractivity contribution is 7.95. The molecule has 27 heavy (non-hydrogen) atoms. The minimum atomic E-state index is -3.54. The van der Waals surface area contributed by atoms with Gasteiger partial charge in [-0.1, -0.05) is 36.7 Å². The molecule has 1 N–H and O–H groups in total. The number of nitrogens with zero attached hydrogens (tertiary/aromatic N) is 1. The van der Waals surface area contributed by atoms with Crippen molar-refractivity contribution >= 4 is 44.4 Å². The molecule has 0 saturated carbocycles.